The zero-order valence-electron chi connectivity index (χ0n) is 3.51. The number of hydrogen-bond donors (Lipinski definition) is 4. The molecule has 0 bridgehead atoms. The molecule has 8 heteroatoms. The first kappa shape index (κ1) is 15.9. The second-order valence-electron chi connectivity index (χ2n) is 0.448. The van der Waals surface area contributed by atoms with Crippen LogP contribution in [-0.2, 0) is 10.4 Å². The van der Waals surface area contributed by atoms with Gasteiger partial charge in [-0.1, -0.05) is 0 Å². The molecule has 0 atom stereocenters. The Morgan fingerprint density at radius 3 is 1.00 bits per heavy atom. The summed E-state index contributed by atoms with van der Waals surface area (Å²) in [6, 6.07) is 0. The van der Waals surface area contributed by atoms with Crippen LogP contribution >= 0.6 is 0 Å². The van der Waals surface area contributed by atoms with Gasteiger partial charge in [-0.25, -0.2) is 0 Å². The summed E-state index contributed by atoms with van der Waals surface area (Å²) in [5.74, 6) is 0. The standard InChI is InChI=1S/H2O4S.H2O2.U/c1-5(2,3)4;1-2;/h(H2,1,2,3,4);1-2H;. The van der Waals surface area contributed by atoms with Crippen LogP contribution in [0, 0.1) is 31.1 Å². The van der Waals surface area contributed by atoms with E-state index in [0.717, 1.165) is 0 Å². The van der Waals surface area contributed by atoms with Gasteiger partial charge in [0.15, 0.2) is 0 Å². The molecule has 0 aromatic heterocycles. The third-order valence-electron chi connectivity index (χ3n) is 0. The fourth-order valence-electron chi connectivity index (χ4n) is 0. The van der Waals surface area contributed by atoms with E-state index in [1.165, 1.54) is 0 Å². The predicted octanol–water partition coefficient (Wildman–Crippen LogP) is -0.635. The van der Waals surface area contributed by atoms with Crippen molar-refractivity contribution in [3.05, 3.63) is 0 Å². The Kier molecular flexibility index (Phi) is 15.6. The summed E-state index contributed by atoms with van der Waals surface area (Å²) in [4.78, 5) is 0. The van der Waals surface area contributed by atoms with Crippen LogP contribution in [0.2, 0.25) is 0 Å². The van der Waals surface area contributed by atoms with Gasteiger partial charge in [0.25, 0.3) is 0 Å². The van der Waals surface area contributed by atoms with Crippen molar-refractivity contribution in [3.8, 4) is 0 Å². The summed E-state index contributed by atoms with van der Waals surface area (Å²) in [6.45, 7) is 0. The molecule has 4 N–H and O–H groups in total. The van der Waals surface area contributed by atoms with Gasteiger partial charge in [0.2, 0.25) is 0 Å². The smallest absolute Gasteiger partial charge is 0.264 e. The molecule has 0 aromatic rings. The van der Waals surface area contributed by atoms with Crippen molar-refractivity contribution in [3.63, 3.8) is 0 Å². The third-order valence-corrected chi connectivity index (χ3v) is 0. The van der Waals surface area contributed by atoms with Gasteiger partial charge in [0.05, 0.1) is 0 Å². The van der Waals surface area contributed by atoms with Crippen LogP contribution in [0.25, 0.3) is 0 Å². The van der Waals surface area contributed by atoms with E-state index >= 15 is 0 Å². The monoisotopic (exact) mass is 370 g/mol. The van der Waals surface area contributed by atoms with Gasteiger partial charge in [0, 0.05) is 31.1 Å². The van der Waals surface area contributed by atoms with Crippen molar-refractivity contribution in [1.29, 1.82) is 0 Å². The first-order valence-electron chi connectivity index (χ1n) is 0.898. The molecule has 0 rings (SSSR count). The van der Waals surface area contributed by atoms with Gasteiger partial charge in [-0.15, -0.1) is 0 Å². The van der Waals surface area contributed by atoms with Crippen molar-refractivity contribution in [1.82, 2.24) is 0 Å². The molecule has 0 spiro atoms. The fourth-order valence-corrected chi connectivity index (χ4v) is 0. The van der Waals surface area contributed by atoms with E-state index in [4.69, 9.17) is 28.0 Å². The molecular formula is H4O6SU. The zero-order valence-corrected chi connectivity index (χ0v) is 8.49. The summed E-state index contributed by atoms with van der Waals surface area (Å²) >= 11 is 0. The number of rotatable bonds is 0. The van der Waals surface area contributed by atoms with E-state index in [-0.39, 0.29) is 31.1 Å². The van der Waals surface area contributed by atoms with Gasteiger partial charge in [-0.05, 0) is 0 Å². The number of hydrogen-bond acceptors (Lipinski definition) is 4. The SMILES string of the molecule is O=S(=O)(O)O.OO.[U]. The zero-order chi connectivity index (χ0) is 6.50. The normalized spacial score (nSPS) is 8.00. The molecule has 0 saturated carbocycles. The van der Waals surface area contributed by atoms with Crippen LogP contribution in [-0.4, -0.2) is 28.0 Å². The topological polar surface area (TPSA) is 115 Å². The van der Waals surface area contributed by atoms with E-state index in [2.05, 4.69) is 0 Å². The van der Waals surface area contributed by atoms with E-state index in [1.54, 1.807) is 0 Å². The van der Waals surface area contributed by atoms with Gasteiger partial charge in [-0.3, -0.25) is 19.6 Å². The van der Waals surface area contributed by atoms with Gasteiger partial charge in [0.1, 0.15) is 0 Å². The van der Waals surface area contributed by atoms with Crippen LogP contribution in [0.1, 0.15) is 0 Å². The molecule has 0 aromatic carbocycles. The van der Waals surface area contributed by atoms with Crippen molar-refractivity contribution < 1.29 is 59.2 Å². The molecule has 8 heavy (non-hydrogen) atoms. The predicted molar refractivity (Wildman–Crippen MR) is 19.4 cm³/mol. The maximum absolute atomic E-state index is 8.74. The average molecular weight is 370 g/mol. The van der Waals surface area contributed by atoms with Crippen LogP contribution in [0.5, 0.6) is 0 Å². The first-order chi connectivity index (χ1) is 3.00. The van der Waals surface area contributed by atoms with Crippen molar-refractivity contribution in [2.45, 2.75) is 0 Å². The Morgan fingerprint density at radius 1 is 1.00 bits per heavy atom. The van der Waals surface area contributed by atoms with Crippen molar-refractivity contribution in [2.24, 2.45) is 0 Å². The van der Waals surface area contributed by atoms with Crippen molar-refractivity contribution in [2.75, 3.05) is 0 Å². The van der Waals surface area contributed by atoms with Gasteiger partial charge < -0.3 is 0 Å². The van der Waals surface area contributed by atoms with Crippen LogP contribution in [0.15, 0.2) is 0 Å². The Hall–Kier alpha value is 0.842. The van der Waals surface area contributed by atoms with E-state index in [9.17, 15) is 0 Å². The van der Waals surface area contributed by atoms with Gasteiger partial charge >= 0.3 is 10.4 Å². The fraction of sp³-hybridized carbons (Fsp3) is 0. The molecule has 0 aliphatic rings. The maximum Gasteiger partial charge on any atom is 0.394 e. The first-order valence-corrected chi connectivity index (χ1v) is 2.30. The molecule has 0 unspecified atom stereocenters. The summed E-state index contributed by atoms with van der Waals surface area (Å²) in [6.07, 6.45) is 0. The van der Waals surface area contributed by atoms with Crippen LogP contribution in [0.3, 0.4) is 0 Å². The van der Waals surface area contributed by atoms with E-state index in [0.29, 0.717) is 0 Å². The Balaban J connectivity index is -0.0000000750. The molecule has 0 heterocycles. The Bertz CT molecular complexity index is 91.7. The molecule has 0 saturated heterocycles. The minimum Gasteiger partial charge on any atom is -0.264 e. The van der Waals surface area contributed by atoms with E-state index < -0.39 is 10.4 Å². The molecule has 0 aliphatic heterocycles. The Morgan fingerprint density at radius 2 is 1.00 bits per heavy atom. The maximum atomic E-state index is 8.74. The van der Waals surface area contributed by atoms with Crippen molar-refractivity contribution >= 4 is 10.4 Å². The van der Waals surface area contributed by atoms with Gasteiger partial charge in [-0.2, -0.15) is 8.42 Å². The molecule has 0 radical (unpaired) electrons. The molecule has 0 fully saturated rings. The third kappa shape index (κ3) is 329. The minimum absolute atomic E-state index is 0. The Labute approximate surface area is 69.4 Å². The minimum atomic E-state index is -4.67. The average Bonchev–Trinajstić information content (AvgIpc) is 1.36. The summed E-state index contributed by atoms with van der Waals surface area (Å²) in [7, 11) is -4.67. The second-order valence-corrected chi connectivity index (χ2v) is 1.34. The molecule has 50 valence electrons. The summed E-state index contributed by atoms with van der Waals surface area (Å²) < 4.78 is 31.6. The quantitative estimate of drug-likeness (QED) is 0.256. The molecular weight excluding hydrogens is 366 g/mol. The second kappa shape index (κ2) is 7.84. The summed E-state index contributed by atoms with van der Waals surface area (Å²) in [5, 5.41) is 12.0. The van der Waals surface area contributed by atoms with E-state index in [1.807, 2.05) is 0 Å². The summed E-state index contributed by atoms with van der Waals surface area (Å²) in [5.41, 5.74) is 0. The molecule has 0 amide bonds. The molecule has 0 aliphatic carbocycles. The largest absolute Gasteiger partial charge is 0.394 e. The van der Waals surface area contributed by atoms with Crippen LogP contribution in [0.4, 0.5) is 0 Å². The molecule has 6 nitrogen and oxygen atoms in total. The van der Waals surface area contributed by atoms with Crippen LogP contribution < -0.4 is 0 Å².